The van der Waals surface area contributed by atoms with Crippen molar-refractivity contribution in [2.24, 2.45) is 0 Å². The highest BCUT2D eigenvalue weighted by Gasteiger charge is 2.19. The predicted molar refractivity (Wildman–Crippen MR) is 83.5 cm³/mol. The van der Waals surface area contributed by atoms with Crippen molar-refractivity contribution in [2.75, 3.05) is 26.5 Å². The quantitative estimate of drug-likeness (QED) is 0.920. The van der Waals surface area contributed by atoms with Gasteiger partial charge in [-0.1, -0.05) is 26.8 Å². The molecule has 0 saturated carbocycles. The average Bonchev–Trinajstić information content (AvgIpc) is 2.36. The van der Waals surface area contributed by atoms with Crippen LogP contribution in [0.5, 0.6) is 5.75 Å². The standard InChI is InChI=1S/C16H26N2O2/c1-11(15(19)18(5)6)17-13-10-12(16(2,3)4)8-9-14(13)20-7/h8-11,17H,1-7H3/t11-/m0/s1. The molecule has 0 fully saturated rings. The van der Waals surface area contributed by atoms with E-state index in [1.807, 2.05) is 13.0 Å². The highest BCUT2D eigenvalue weighted by molar-refractivity contribution is 5.84. The Balaban J connectivity index is 3.06. The maximum atomic E-state index is 12.0. The van der Waals surface area contributed by atoms with Gasteiger partial charge < -0.3 is 15.0 Å². The molecule has 0 radical (unpaired) electrons. The van der Waals surface area contributed by atoms with E-state index >= 15 is 0 Å². The molecule has 0 unspecified atom stereocenters. The Hall–Kier alpha value is -1.71. The lowest BCUT2D eigenvalue weighted by molar-refractivity contribution is -0.129. The van der Waals surface area contributed by atoms with Crippen LogP contribution in [0.1, 0.15) is 33.3 Å². The number of anilines is 1. The van der Waals surface area contributed by atoms with Crippen LogP contribution in [0, 0.1) is 0 Å². The average molecular weight is 278 g/mol. The first kappa shape index (κ1) is 16.3. The number of nitrogens with zero attached hydrogens (tertiary/aromatic N) is 1. The fourth-order valence-corrected chi connectivity index (χ4v) is 1.97. The number of benzene rings is 1. The first-order valence-corrected chi connectivity index (χ1v) is 6.83. The summed E-state index contributed by atoms with van der Waals surface area (Å²) in [6.07, 6.45) is 0. The topological polar surface area (TPSA) is 41.6 Å². The Morgan fingerprint density at radius 3 is 2.35 bits per heavy atom. The monoisotopic (exact) mass is 278 g/mol. The van der Waals surface area contributed by atoms with Gasteiger partial charge in [0.2, 0.25) is 5.91 Å². The predicted octanol–water partition coefficient (Wildman–Crippen LogP) is 2.88. The van der Waals surface area contributed by atoms with Crippen LogP contribution in [0.15, 0.2) is 18.2 Å². The fourth-order valence-electron chi connectivity index (χ4n) is 1.97. The van der Waals surface area contributed by atoms with Gasteiger partial charge >= 0.3 is 0 Å². The first-order chi connectivity index (χ1) is 9.16. The highest BCUT2D eigenvalue weighted by Crippen LogP contribution is 2.31. The summed E-state index contributed by atoms with van der Waals surface area (Å²) < 4.78 is 5.37. The van der Waals surface area contributed by atoms with Crippen molar-refractivity contribution in [1.29, 1.82) is 0 Å². The Morgan fingerprint density at radius 2 is 1.90 bits per heavy atom. The van der Waals surface area contributed by atoms with Crippen LogP contribution in [-0.4, -0.2) is 38.1 Å². The molecule has 0 heterocycles. The number of hydrogen-bond acceptors (Lipinski definition) is 3. The molecule has 1 N–H and O–H groups in total. The van der Waals surface area contributed by atoms with Crippen molar-refractivity contribution in [3.05, 3.63) is 23.8 Å². The molecule has 0 saturated heterocycles. The molecule has 1 atom stereocenters. The van der Waals surface area contributed by atoms with Gasteiger partial charge in [0.05, 0.1) is 12.8 Å². The van der Waals surface area contributed by atoms with Crippen molar-refractivity contribution in [2.45, 2.75) is 39.2 Å². The molecule has 1 amide bonds. The van der Waals surface area contributed by atoms with Gasteiger partial charge in [0.1, 0.15) is 11.8 Å². The summed E-state index contributed by atoms with van der Waals surface area (Å²) in [6.45, 7) is 8.33. The summed E-state index contributed by atoms with van der Waals surface area (Å²) in [7, 11) is 5.14. The van der Waals surface area contributed by atoms with Gasteiger partial charge in [0.25, 0.3) is 0 Å². The van der Waals surface area contributed by atoms with Gasteiger partial charge in [-0.3, -0.25) is 4.79 Å². The summed E-state index contributed by atoms with van der Waals surface area (Å²) in [4.78, 5) is 13.5. The SMILES string of the molecule is COc1ccc(C(C)(C)C)cc1N[C@@H](C)C(=O)N(C)C. The van der Waals surface area contributed by atoms with E-state index in [4.69, 9.17) is 4.74 Å². The molecule has 0 aliphatic carbocycles. The number of carbonyl (C=O) groups is 1. The number of rotatable bonds is 4. The number of carbonyl (C=O) groups excluding carboxylic acids is 1. The Kier molecular flexibility index (Phi) is 5.03. The molecule has 4 nitrogen and oxygen atoms in total. The summed E-state index contributed by atoms with van der Waals surface area (Å²) in [5.74, 6) is 0.782. The van der Waals surface area contributed by atoms with E-state index in [0.29, 0.717) is 0 Å². The second kappa shape index (κ2) is 6.16. The molecular weight excluding hydrogens is 252 g/mol. The second-order valence-corrected chi connectivity index (χ2v) is 6.26. The maximum Gasteiger partial charge on any atom is 0.244 e. The summed E-state index contributed by atoms with van der Waals surface area (Å²) >= 11 is 0. The molecule has 112 valence electrons. The van der Waals surface area contributed by atoms with Crippen molar-refractivity contribution in [3.63, 3.8) is 0 Å². The van der Waals surface area contributed by atoms with E-state index < -0.39 is 0 Å². The molecule has 1 aromatic carbocycles. The van der Waals surface area contributed by atoms with Gasteiger partial charge in [-0.2, -0.15) is 0 Å². The number of methoxy groups -OCH3 is 1. The van der Waals surface area contributed by atoms with Crippen molar-refractivity contribution in [1.82, 2.24) is 4.90 Å². The first-order valence-electron chi connectivity index (χ1n) is 6.83. The van der Waals surface area contributed by atoms with Gasteiger partial charge in [-0.25, -0.2) is 0 Å². The smallest absolute Gasteiger partial charge is 0.244 e. The molecule has 4 heteroatoms. The number of likely N-dealkylation sites (N-methyl/N-ethyl adjacent to an activating group) is 1. The van der Waals surface area contributed by atoms with Crippen LogP contribution in [0.2, 0.25) is 0 Å². The lowest BCUT2D eigenvalue weighted by atomic mass is 9.86. The largest absolute Gasteiger partial charge is 0.495 e. The third kappa shape index (κ3) is 3.89. The zero-order valence-corrected chi connectivity index (χ0v) is 13.6. The highest BCUT2D eigenvalue weighted by atomic mass is 16.5. The van der Waals surface area contributed by atoms with Crippen molar-refractivity contribution in [3.8, 4) is 5.75 Å². The molecule has 0 spiro atoms. The molecule has 0 aliphatic heterocycles. The zero-order valence-electron chi connectivity index (χ0n) is 13.6. The van der Waals surface area contributed by atoms with Crippen LogP contribution >= 0.6 is 0 Å². The normalized spacial score (nSPS) is 12.8. The lowest BCUT2D eigenvalue weighted by Crippen LogP contribution is -2.36. The Labute approximate surface area is 122 Å². The minimum Gasteiger partial charge on any atom is -0.495 e. The fraction of sp³-hybridized carbons (Fsp3) is 0.562. The van der Waals surface area contributed by atoms with Gasteiger partial charge in [-0.15, -0.1) is 0 Å². The third-order valence-electron chi connectivity index (χ3n) is 3.25. The molecule has 1 rings (SSSR count). The van der Waals surface area contributed by atoms with E-state index in [1.165, 1.54) is 5.56 Å². The Morgan fingerprint density at radius 1 is 1.30 bits per heavy atom. The van der Waals surface area contributed by atoms with E-state index in [0.717, 1.165) is 11.4 Å². The molecule has 0 aliphatic rings. The van der Waals surface area contributed by atoms with Crippen molar-refractivity contribution < 1.29 is 9.53 Å². The molecule has 0 bridgehead atoms. The van der Waals surface area contributed by atoms with Crippen LogP contribution in [-0.2, 0) is 10.2 Å². The van der Waals surface area contributed by atoms with Crippen LogP contribution in [0.3, 0.4) is 0 Å². The maximum absolute atomic E-state index is 12.0. The Bertz CT molecular complexity index is 476. The van der Waals surface area contributed by atoms with E-state index in [9.17, 15) is 4.79 Å². The summed E-state index contributed by atoms with van der Waals surface area (Å²) in [5.41, 5.74) is 2.10. The minimum absolute atomic E-state index is 0.0354. The number of amides is 1. The van der Waals surface area contributed by atoms with E-state index in [2.05, 4.69) is 38.2 Å². The molecular formula is C16H26N2O2. The number of nitrogens with one attached hydrogen (secondary N) is 1. The van der Waals surface area contributed by atoms with Crippen LogP contribution < -0.4 is 10.1 Å². The van der Waals surface area contributed by atoms with Crippen LogP contribution in [0.4, 0.5) is 5.69 Å². The summed E-state index contributed by atoms with van der Waals surface area (Å²) in [5, 5.41) is 3.24. The van der Waals surface area contributed by atoms with Gasteiger partial charge in [0.15, 0.2) is 0 Å². The third-order valence-corrected chi connectivity index (χ3v) is 3.25. The summed E-state index contributed by atoms with van der Waals surface area (Å²) in [6, 6.07) is 5.75. The second-order valence-electron chi connectivity index (χ2n) is 6.26. The van der Waals surface area contributed by atoms with E-state index in [1.54, 1.807) is 26.1 Å². The molecule has 1 aromatic rings. The van der Waals surface area contributed by atoms with Gasteiger partial charge in [-0.05, 0) is 30.0 Å². The molecule has 20 heavy (non-hydrogen) atoms. The van der Waals surface area contributed by atoms with Crippen molar-refractivity contribution >= 4 is 11.6 Å². The number of ether oxygens (including phenoxy) is 1. The van der Waals surface area contributed by atoms with E-state index in [-0.39, 0.29) is 17.4 Å². The molecule has 0 aromatic heterocycles. The lowest BCUT2D eigenvalue weighted by Gasteiger charge is -2.24. The van der Waals surface area contributed by atoms with Crippen LogP contribution in [0.25, 0.3) is 0 Å². The zero-order chi connectivity index (χ0) is 15.5. The minimum atomic E-state index is -0.297. The number of hydrogen-bond donors (Lipinski definition) is 1. The van der Waals surface area contributed by atoms with Gasteiger partial charge in [0, 0.05) is 14.1 Å².